The van der Waals surface area contributed by atoms with Gasteiger partial charge in [0.2, 0.25) is 0 Å². The van der Waals surface area contributed by atoms with Gasteiger partial charge in [-0.1, -0.05) is 34.1 Å². The molecule has 1 aromatic heterocycles. The minimum absolute atomic E-state index is 0.133. The quantitative estimate of drug-likeness (QED) is 0.766. The Balaban J connectivity index is 2.07. The van der Waals surface area contributed by atoms with Crippen molar-refractivity contribution in [2.24, 2.45) is 4.99 Å². The molecule has 120 valence electrons. The van der Waals surface area contributed by atoms with Gasteiger partial charge >= 0.3 is 6.18 Å². The molecule has 8 heteroatoms. The zero-order chi connectivity index (χ0) is 16.4. The number of halogens is 4. The molecule has 1 aliphatic heterocycles. The maximum atomic E-state index is 13.2. The van der Waals surface area contributed by atoms with Gasteiger partial charge in [-0.25, -0.2) is 4.98 Å². The van der Waals surface area contributed by atoms with E-state index in [-0.39, 0.29) is 5.56 Å². The molecule has 0 bridgehead atoms. The smallest absolute Gasteiger partial charge is 0.341 e. The van der Waals surface area contributed by atoms with Gasteiger partial charge in [0.15, 0.2) is 10.8 Å². The fourth-order valence-corrected chi connectivity index (χ4v) is 3.21. The molecule has 0 fully saturated rings. The van der Waals surface area contributed by atoms with E-state index < -0.39 is 17.8 Å². The Labute approximate surface area is 143 Å². The van der Waals surface area contributed by atoms with Crippen LogP contribution in [0.4, 0.5) is 13.2 Å². The van der Waals surface area contributed by atoms with E-state index in [4.69, 9.17) is 0 Å². The summed E-state index contributed by atoms with van der Waals surface area (Å²) >= 11 is 4.71. The molecule has 1 atom stereocenters. The van der Waals surface area contributed by atoms with Gasteiger partial charge in [0, 0.05) is 22.6 Å². The average molecular weight is 402 g/mol. The summed E-state index contributed by atoms with van der Waals surface area (Å²) in [6.45, 7) is 0. The molecular weight excluding hydrogens is 391 g/mol. The molecule has 0 saturated heterocycles. The van der Waals surface area contributed by atoms with Gasteiger partial charge in [0.25, 0.3) is 0 Å². The number of aromatic nitrogens is 1. The van der Waals surface area contributed by atoms with Crippen LogP contribution in [0.3, 0.4) is 0 Å². The summed E-state index contributed by atoms with van der Waals surface area (Å²) in [6.07, 6.45) is -1.09. The van der Waals surface area contributed by atoms with Crippen LogP contribution in [-0.2, 0) is 6.18 Å². The molecule has 3 rings (SSSR count). The number of benzene rings is 1. The average Bonchev–Trinajstić information content (AvgIpc) is 3.08. The Morgan fingerprint density at radius 3 is 2.70 bits per heavy atom. The first kappa shape index (κ1) is 16.2. The molecule has 0 radical (unpaired) electrons. The fourth-order valence-electron chi connectivity index (χ4n) is 2.29. The van der Waals surface area contributed by atoms with Gasteiger partial charge in [-0.15, -0.1) is 11.3 Å². The topological polar surface area (TPSA) is 37.3 Å². The maximum Gasteiger partial charge on any atom is 0.416 e. The van der Waals surface area contributed by atoms with Crippen LogP contribution in [0.15, 0.2) is 52.6 Å². The predicted molar refractivity (Wildman–Crippen MR) is 87.8 cm³/mol. The zero-order valence-electron chi connectivity index (χ0n) is 11.6. The van der Waals surface area contributed by atoms with Crippen LogP contribution in [0.5, 0.6) is 0 Å². The number of rotatable bonds is 3. The molecule has 23 heavy (non-hydrogen) atoms. The maximum absolute atomic E-state index is 13.2. The highest BCUT2D eigenvalue weighted by Gasteiger charge is 2.35. The van der Waals surface area contributed by atoms with Crippen LogP contribution in [0.25, 0.3) is 0 Å². The Morgan fingerprint density at radius 2 is 2.04 bits per heavy atom. The Bertz CT molecular complexity index is 754. The van der Waals surface area contributed by atoms with Gasteiger partial charge in [-0.3, -0.25) is 4.99 Å². The first-order valence-electron chi connectivity index (χ1n) is 6.66. The fraction of sp³-hybridized carbons (Fsp3) is 0.200. The second kappa shape index (κ2) is 6.45. The zero-order valence-corrected chi connectivity index (χ0v) is 14.0. The van der Waals surface area contributed by atoms with Crippen molar-refractivity contribution in [3.05, 3.63) is 63.7 Å². The highest BCUT2D eigenvalue weighted by Crippen LogP contribution is 2.37. The molecule has 1 aromatic carbocycles. The molecule has 0 amide bonds. The van der Waals surface area contributed by atoms with E-state index in [2.05, 4.69) is 31.2 Å². The molecule has 1 unspecified atom stereocenters. The number of aliphatic imine (C=N–C) groups is 1. The molecule has 1 N–H and O–H groups in total. The summed E-state index contributed by atoms with van der Waals surface area (Å²) in [5.41, 5.74) is 0.223. The highest BCUT2D eigenvalue weighted by atomic mass is 79.9. The predicted octanol–water partition coefficient (Wildman–Crippen LogP) is 4.53. The molecule has 0 aliphatic carbocycles. The standard InChI is InChI=1S/C15H11BrF3N3S/c16-8-9-7-12(22-13(21-9)14-20-5-6-23-14)10-3-1-2-4-11(10)15(17,18)19/h1-7,12H,8H2,(H,21,22). The van der Waals surface area contributed by atoms with E-state index in [1.807, 2.05) is 0 Å². The van der Waals surface area contributed by atoms with E-state index in [9.17, 15) is 13.2 Å². The molecular formula is C15H11BrF3N3S. The number of hydrogen-bond acceptors (Lipinski definition) is 4. The summed E-state index contributed by atoms with van der Waals surface area (Å²) in [4.78, 5) is 8.59. The molecule has 1 aliphatic rings. The van der Waals surface area contributed by atoms with Crippen molar-refractivity contribution >= 4 is 33.1 Å². The van der Waals surface area contributed by atoms with Gasteiger partial charge in [-0.05, 0) is 17.7 Å². The lowest BCUT2D eigenvalue weighted by Gasteiger charge is -2.23. The first-order chi connectivity index (χ1) is 11.0. The Kier molecular flexibility index (Phi) is 4.54. The van der Waals surface area contributed by atoms with Crippen LogP contribution >= 0.6 is 27.3 Å². The lowest BCUT2D eigenvalue weighted by molar-refractivity contribution is -0.138. The van der Waals surface area contributed by atoms with E-state index in [0.29, 0.717) is 16.2 Å². The van der Waals surface area contributed by atoms with Crippen molar-refractivity contribution in [1.29, 1.82) is 0 Å². The lowest BCUT2D eigenvalue weighted by Crippen LogP contribution is -2.29. The van der Waals surface area contributed by atoms with E-state index in [0.717, 1.165) is 11.8 Å². The van der Waals surface area contributed by atoms with Crippen molar-refractivity contribution in [1.82, 2.24) is 10.3 Å². The van der Waals surface area contributed by atoms with Crippen LogP contribution in [-0.4, -0.2) is 16.1 Å². The van der Waals surface area contributed by atoms with Gasteiger partial charge in [0.05, 0.1) is 11.6 Å². The molecule has 2 aromatic rings. The summed E-state index contributed by atoms with van der Waals surface area (Å²) < 4.78 is 39.7. The Hall–Kier alpha value is -1.67. The Morgan fingerprint density at radius 1 is 1.26 bits per heavy atom. The number of nitrogens with zero attached hydrogens (tertiary/aromatic N) is 2. The van der Waals surface area contributed by atoms with Crippen molar-refractivity contribution in [2.45, 2.75) is 12.2 Å². The van der Waals surface area contributed by atoms with Crippen LogP contribution in [0.1, 0.15) is 22.2 Å². The van der Waals surface area contributed by atoms with Gasteiger partial charge in [-0.2, -0.15) is 13.2 Å². The second-order valence-corrected chi connectivity index (χ2v) is 6.25. The summed E-state index contributed by atoms with van der Waals surface area (Å²) in [7, 11) is 0. The minimum atomic E-state index is -4.42. The van der Waals surface area contributed by atoms with Crippen LogP contribution in [0, 0.1) is 0 Å². The second-order valence-electron chi connectivity index (χ2n) is 4.80. The van der Waals surface area contributed by atoms with Crippen molar-refractivity contribution in [2.75, 3.05) is 5.33 Å². The normalized spacial score (nSPS) is 18.2. The SMILES string of the molecule is FC(F)(F)c1ccccc1C1C=C(CBr)NC(c2nccs2)=N1. The largest absolute Gasteiger partial charge is 0.416 e. The first-order valence-corrected chi connectivity index (χ1v) is 8.66. The van der Waals surface area contributed by atoms with Crippen molar-refractivity contribution in [3.8, 4) is 0 Å². The van der Waals surface area contributed by atoms with Crippen LogP contribution < -0.4 is 5.32 Å². The van der Waals surface area contributed by atoms with E-state index in [1.54, 1.807) is 23.7 Å². The third-order valence-corrected chi connectivity index (χ3v) is 4.65. The van der Waals surface area contributed by atoms with E-state index >= 15 is 0 Å². The van der Waals surface area contributed by atoms with Crippen molar-refractivity contribution < 1.29 is 13.2 Å². The highest BCUT2D eigenvalue weighted by molar-refractivity contribution is 9.09. The minimum Gasteiger partial charge on any atom is -0.341 e. The molecule has 0 spiro atoms. The van der Waals surface area contributed by atoms with Gasteiger partial charge in [0.1, 0.15) is 0 Å². The number of alkyl halides is 4. The molecule has 0 saturated carbocycles. The summed E-state index contributed by atoms with van der Waals surface area (Å²) in [5.74, 6) is 0.485. The number of allylic oxidation sites excluding steroid dienone is 1. The third-order valence-electron chi connectivity index (χ3n) is 3.27. The number of amidine groups is 1. The summed E-state index contributed by atoms with van der Waals surface area (Å²) in [6, 6.07) is 4.81. The monoisotopic (exact) mass is 401 g/mol. The van der Waals surface area contributed by atoms with Crippen molar-refractivity contribution in [3.63, 3.8) is 0 Å². The number of hydrogen-bond donors (Lipinski definition) is 1. The third kappa shape index (κ3) is 3.48. The van der Waals surface area contributed by atoms with Gasteiger partial charge < -0.3 is 5.32 Å². The van der Waals surface area contributed by atoms with E-state index in [1.165, 1.54) is 23.5 Å². The number of thiazole rings is 1. The lowest BCUT2D eigenvalue weighted by atomic mass is 9.98. The number of nitrogens with one attached hydrogen (secondary N) is 1. The summed E-state index contributed by atoms with van der Waals surface area (Å²) in [5, 5.41) is 6.02. The molecule has 2 heterocycles. The molecule has 3 nitrogen and oxygen atoms in total. The van der Waals surface area contributed by atoms with Crippen LogP contribution in [0.2, 0.25) is 0 Å².